The van der Waals surface area contributed by atoms with E-state index < -0.39 is 6.10 Å². The van der Waals surface area contributed by atoms with E-state index in [0.29, 0.717) is 17.1 Å². The Balaban J connectivity index is 1.57. The van der Waals surface area contributed by atoms with Crippen LogP contribution in [0, 0.1) is 17.2 Å². The third kappa shape index (κ3) is 3.58. The maximum atomic E-state index is 10.4. The fourth-order valence-corrected chi connectivity index (χ4v) is 3.29. The minimum atomic E-state index is -0.520. The van der Waals surface area contributed by atoms with Crippen molar-refractivity contribution in [3.05, 3.63) is 47.5 Å². The van der Waals surface area contributed by atoms with Gasteiger partial charge in [-0.25, -0.2) is 4.98 Å². The monoisotopic (exact) mass is 326 g/mol. The number of aliphatic hydroxyl groups excluding tert-OH is 1. The lowest BCUT2D eigenvalue weighted by Gasteiger charge is -2.33. The number of hydrogen-bond acceptors (Lipinski definition) is 5. The molecule has 0 aliphatic carbocycles. The van der Waals surface area contributed by atoms with Crippen molar-refractivity contribution >= 4 is 0 Å². The van der Waals surface area contributed by atoms with Gasteiger partial charge in [-0.05, 0) is 49.5 Å². The number of hydrogen-bond donors (Lipinski definition) is 2. The molecule has 0 amide bonds. The molecule has 24 heavy (non-hydrogen) atoms. The van der Waals surface area contributed by atoms with Gasteiger partial charge < -0.3 is 14.8 Å². The van der Waals surface area contributed by atoms with Crippen molar-refractivity contribution in [3.8, 4) is 11.8 Å². The Morgan fingerprint density at radius 1 is 1.46 bits per heavy atom. The first-order valence-corrected chi connectivity index (χ1v) is 8.18. The lowest BCUT2D eigenvalue weighted by molar-refractivity contribution is 0.0515. The van der Waals surface area contributed by atoms with E-state index in [0.717, 1.165) is 38.0 Å². The molecule has 6 nitrogen and oxygen atoms in total. The first-order valence-electron chi connectivity index (χ1n) is 8.18. The molecule has 2 heterocycles. The van der Waals surface area contributed by atoms with Crippen molar-refractivity contribution in [2.75, 3.05) is 20.2 Å². The van der Waals surface area contributed by atoms with Crippen LogP contribution in [0.25, 0.3) is 0 Å². The second-order valence-corrected chi connectivity index (χ2v) is 6.18. The van der Waals surface area contributed by atoms with E-state index in [4.69, 9.17) is 4.74 Å². The molecule has 1 aromatic carbocycles. The van der Waals surface area contributed by atoms with Crippen LogP contribution in [0.2, 0.25) is 0 Å². The number of piperidine rings is 1. The molecule has 6 heteroatoms. The topological polar surface area (TPSA) is 85.2 Å². The Morgan fingerprint density at radius 3 is 2.88 bits per heavy atom. The summed E-state index contributed by atoms with van der Waals surface area (Å²) in [5.74, 6) is 1.50. The highest BCUT2D eigenvalue weighted by Crippen LogP contribution is 2.29. The van der Waals surface area contributed by atoms with Crippen LogP contribution >= 0.6 is 0 Å². The Bertz CT molecular complexity index is 700. The lowest BCUT2D eigenvalue weighted by atomic mass is 9.90. The summed E-state index contributed by atoms with van der Waals surface area (Å²) in [6.45, 7) is 2.66. The van der Waals surface area contributed by atoms with Gasteiger partial charge in [0.1, 0.15) is 23.7 Å². The first kappa shape index (κ1) is 16.5. The van der Waals surface area contributed by atoms with Gasteiger partial charge in [0.2, 0.25) is 0 Å². The fraction of sp³-hybridized carbons (Fsp3) is 0.444. The fourth-order valence-electron chi connectivity index (χ4n) is 3.29. The number of H-pyrrole nitrogens is 1. The predicted molar refractivity (Wildman–Crippen MR) is 89.3 cm³/mol. The number of methoxy groups -OCH3 is 1. The number of nitriles is 1. The molecule has 1 aliphatic rings. The van der Waals surface area contributed by atoms with E-state index in [2.05, 4.69) is 20.9 Å². The van der Waals surface area contributed by atoms with Crippen molar-refractivity contribution in [1.82, 2.24) is 14.9 Å². The molecule has 0 radical (unpaired) electrons. The number of rotatable bonds is 5. The standard InChI is InChI=1S/C18H22N4O2/c1-24-16-3-2-13(10-15(16)11-19)12-22-8-4-14(5-9-22)17(23)18-20-6-7-21-18/h2-3,6-7,10,14,17,23H,4-5,8-9,12H2,1H3,(H,20,21). The molecular weight excluding hydrogens is 304 g/mol. The molecule has 0 spiro atoms. The summed E-state index contributed by atoms with van der Waals surface area (Å²) in [5.41, 5.74) is 1.68. The SMILES string of the molecule is COc1ccc(CN2CCC(C(O)c3ncc[nH]3)CC2)cc1C#N. The second-order valence-electron chi connectivity index (χ2n) is 6.18. The first-order chi connectivity index (χ1) is 11.7. The van der Waals surface area contributed by atoms with Crippen LogP contribution in [0.15, 0.2) is 30.6 Å². The Morgan fingerprint density at radius 2 is 2.25 bits per heavy atom. The summed E-state index contributed by atoms with van der Waals surface area (Å²) in [6.07, 6.45) is 4.76. The highest BCUT2D eigenvalue weighted by atomic mass is 16.5. The Kier molecular flexibility index (Phi) is 5.14. The molecule has 2 N–H and O–H groups in total. The number of aliphatic hydroxyl groups is 1. The van der Waals surface area contributed by atoms with Crippen molar-refractivity contribution in [1.29, 1.82) is 5.26 Å². The largest absolute Gasteiger partial charge is 0.495 e. The number of nitrogens with zero attached hydrogens (tertiary/aromatic N) is 3. The Hall–Kier alpha value is -2.36. The third-order valence-electron chi connectivity index (χ3n) is 4.67. The smallest absolute Gasteiger partial charge is 0.136 e. The minimum absolute atomic E-state index is 0.234. The number of aromatic nitrogens is 2. The van der Waals surface area contributed by atoms with E-state index in [1.165, 1.54) is 0 Å². The number of benzene rings is 1. The van der Waals surface area contributed by atoms with E-state index in [9.17, 15) is 10.4 Å². The van der Waals surface area contributed by atoms with Gasteiger partial charge in [0.25, 0.3) is 0 Å². The predicted octanol–water partition coefficient (Wildman–Crippen LogP) is 2.24. The van der Waals surface area contributed by atoms with Crippen LogP contribution in [-0.4, -0.2) is 40.2 Å². The number of likely N-dealkylation sites (tertiary alicyclic amines) is 1. The number of imidazole rings is 1. The van der Waals surface area contributed by atoms with Crippen molar-refractivity contribution in [2.45, 2.75) is 25.5 Å². The molecule has 0 bridgehead atoms. The van der Waals surface area contributed by atoms with Gasteiger partial charge in [0.05, 0.1) is 12.7 Å². The summed E-state index contributed by atoms with van der Waals surface area (Å²) in [5, 5.41) is 19.6. The van der Waals surface area contributed by atoms with Gasteiger partial charge in [-0.1, -0.05) is 6.07 Å². The van der Waals surface area contributed by atoms with Gasteiger partial charge in [0.15, 0.2) is 0 Å². The van der Waals surface area contributed by atoms with Gasteiger partial charge >= 0.3 is 0 Å². The number of ether oxygens (including phenoxy) is 1. The molecule has 1 aromatic heterocycles. The molecule has 0 saturated carbocycles. The van der Waals surface area contributed by atoms with Crippen LogP contribution in [0.4, 0.5) is 0 Å². The minimum Gasteiger partial charge on any atom is -0.495 e. The number of nitrogens with one attached hydrogen (secondary N) is 1. The van der Waals surface area contributed by atoms with Crippen LogP contribution in [0.1, 0.15) is 35.9 Å². The van der Waals surface area contributed by atoms with Gasteiger partial charge in [0, 0.05) is 18.9 Å². The number of aromatic amines is 1. The molecular formula is C18H22N4O2. The van der Waals surface area contributed by atoms with E-state index in [1.54, 1.807) is 19.5 Å². The third-order valence-corrected chi connectivity index (χ3v) is 4.67. The second kappa shape index (κ2) is 7.47. The normalized spacial score (nSPS) is 17.4. The van der Waals surface area contributed by atoms with Crippen molar-refractivity contribution in [2.24, 2.45) is 5.92 Å². The maximum Gasteiger partial charge on any atom is 0.136 e. The molecule has 1 atom stereocenters. The van der Waals surface area contributed by atoms with E-state index >= 15 is 0 Å². The van der Waals surface area contributed by atoms with E-state index in [-0.39, 0.29) is 5.92 Å². The zero-order chi connectivity index (χ0) is 16.9. The quantitative estimate of drug-likeness (QED) is 0.880. The highest BCUT2D eigenvalue weighted by Gasteiger charge is 2.27. The molecule has 1 aliphatic heterocycles. The average molecular weight is 326 g/mol. The van der Waals surface area contributed by atoms with Gasteiger partial charge in [-0.2, -0.15) is 5.26 Å². The van der Waals surface area contributed by atoms with Gasteiger partial charge in [-0.15, -0.1) is 0 Å². The summed E-state index contributed by atoms with van der Waals surface area (Å²) < 4.78 is 5.18. The highest BCUT2D eigenvalue weighted by molar-refractivity contribution is 5.45. The Labute approximate surface area is 141 Å². The van der Waals surface area contributed by atoms with Crippen molar-refractivity contribution in [3.63, 3.8) is 0 Å². The van der Waals surface area contributed by atoms with Crippen LogP contribution in [-0.2, 0) is 6.54 Å². The van der Waals surface area contributed by atoms with Crippen LogP contribution in [0.3, 0.4) is 0 Å². The van der Waals surface area contributed by atoms with Crippen molar-refractivity contribution < 1.29 is 9.84 Å². The summed E-state index contributed by atoms with van der Waals surface area (Å²) >= 11 is 0. The summed E-state index contributed by atoms with van der Waals surface area (Å²) in [7, 11) is 1.57. The molecule has 3 rings (SSSR count). The maximum absolute atomic E-state index is 10.4. The summed E-state index contributed by atoms with van der Waals surface area (Å²) in [4.78, 5) is 9.50. The molecule has 2 aromatic rings. The van der Waals surface area contributed by atoms with E-state index in [1.807, 2.05) is 18.2 Å². The molecule has 1 unspecified atom stereocenters. The average Bonchev–Trinajstić information content (AvgIpc) is 3.16. The zero-order valence-corrected chi connectivity index (χ0v) is 13.8. The molecule has 1 saturated heterocycles. The lowest BCUT2D eigenvalue weighted by Crippen LogP contribution is -2.35. The molecule has 126 valence electrons. The zero-order valence-electron chi connectivity index (χ0n) is 13.8. The summed E-state index contributed by atoms with van der Waals surface area (Å²) in [6, 6.07) is 7.92. The van der Waals surface area contributed by atoms with Crippen LogP contribution in [0.5, 0.6) is 5.75 Å². The van der Waals surface area contributed by atoms with Crippen LogP contribution < -0.4 is 4.74 Å². The van der Waals surface area contributed by atoms with Gasteiger partial charge in [-0.3, -0.25) is 4.90 Å². The molecule has 1 fully saturated rings.